The highest BCUT2D eigenvalue weighted by Gasteiger charge is 2.23. The van der Waals surface area contributed by atoms with Gasteiger partial charge in [-0.2, -0.15) is 0 Å². The SMILES string of the molecule is CCc1ccc(OC(CCN)C(=O)O)c([N+](=O)[O-])c1. The summed E-state index contributed by atoms with van der Waals surface area (Å²) in [5.41, 5.74) is 5.84. The Bertz CT molecular complexity index is 475. The van der Waals surface area contributed by atoms with E-state index in [0.717, 1.165) is 5.56 Å². The number of nitrogens with two attached hydrogens (primary N) is 1. The van der Waals surface area contributed by atoms with Crippen LogP contribution in [0, 0.1) is 10.1 Å². The van der Waals surface area contributed by atoms with Crippen molar-refractivity contribution in [1.29, 1.82) is 0 Å². The van der Waals surface area contributed by atoms with Crippen LogP contribution in [-0.2, 0) is 11.2 Å². The fourth-order valence-corrected chi connectivity index (χ4v) is 1.56. The van der Waals surface area contributed by atoms with Gasteiger partial charge in [0.1, 0.15) is 0 Å². The van der Waals surface area contributed by atoms with Gasteiger partial charge in [0.15, 0.2) is 11.9 Å². The number of carboxylic acids is 1. The second-order valence-corrected chi connectivity index (χ2v) is 3.93. The largest absolute Gasteiger partial charge is 0.479 e. The topological polar surface area (TPSA) is 116 Å². The van der Waals surface area contributed by atoms with Crippen LogP contribution < -0.4 is 10.5 Å². The van der Waals surface area contributed by atoms with E-state index in [4.69, 9.17) is 15.6 Å². The number of carboxylic acid groups (broad SMARTS) is 1. The van der Waals surface area contributed by atoms with Crippen LogP contribution in [0.3, 0.4) is 0 Å². The number of ether oxygens (including phenoxy) is 1. The van der Waals surface area contributed by atoms with Crippen molar-refractivity contribution < 1.29 is 19.6 Å². The highest BCUT2D eigenvalue weighted by molar-refractivity contribution is 5.73. The normalized spacial score (nSPS) is 11.9. The van der Waals surface area contributed by atoms with Gasteiger partial charge in [0.25, 0.3) is 0 Å². The van der Waals surface area contributed by atoms with Crippen LogP contribution in [0.15, 0.2) is 18.2 Å². The van der Waals surface area contributed by atoms with Gasteiger partial charge in [0, 0.05) is 12.5 Å². The Balaban J connectivity index is 3.05. The second kappa shape index (κ2) is 6.69. The van der Waals surface area contributed by atoms with Crippen LogP contribution >= 0.6 is 0 Å². The molecule has 104 valence electrons. The van der Waals surface area contributed by atoms with Gasteiger partial charge in [0.2, 0.25) is 0 Å². The highest BCUT2D eigenvalue weighted by atomic mass is 16.6. The van der Waals surface area contributed by atoms with E-state index in [2.05, 4.69) is 0 Å². The van der Waals surface area contributed by atoms with Crippen LogP contribution in [0.2, 0.25) is 0 Å². The number of nitro groups is 1. The van der Waals surface area contributed by atoms with E-state index in [-0.39, 0.29) is 24.4 Å². The molecule has 0 aliphatic rings. The van der Waals surface area contributed by atoms with Crippen LogP contribution in [0.4, 0.5) is 5.69 Å². The molecule has 0 spiro atoms. The number of benzene rings is 1. The Morgan fingerprint density at radius 2 is 2.26 bits per heavy atom. The molecular weight excluding hydrogens is 252 g/mol. The third kappa shape index (κ3) is 3.92. The average Bonchev–Trinajstić information content (AvgIpc) is 2.38. The van der Waals surface area contributed by atoms with Crippen molar-refractivity contribution in [3.05, 3.63) is 33.9 Å². The van der Waals surface area contributed by atoms with E-state index in [1.165, 1.54) is 12.1 Å². The molecule has 1 aromatic carbocycles. The minimum Gasteiger partial charge on any atom is -0.479 e. The summed E-state index contributed by atoms with van der Waals surface area (Å²) in [6, 6.07) is 4.48. The number of nitro benzene ring substituents is 1. The Hall–Kier alpha value is -2.15. The number of nitrogens with zero attached hydrogens (tertiary/aromatic N) is 1. The summed E-state index contributed by atoms with van der Waals surface area (Å²) in [6.45, 7) is 1.99. The molecule has 1 rings (SSSR count). The van der Waals surface area contributed by atoms with E-state index in [0.29, 0.717) is 6.42 Å². The molecule has 0 aliphatic carbocycles. The fraction of sp³-hybridized carbons (Fsp3) is 0.417. The summed E-state index contributed by atoms with van der Waals surface area (Å²) in [5, 5.41) is 19.9. The predicted molar refractivity (Wildman–Crippen MR) is 68.2 cm³/mol. The zero-order chi connectivity index (χ0) is 14.4. The highest BCUT2D eigenvalue weighted by Crippen LogP contribution is 2.29. The molecule has 1 unspecified atom stereocenters. The lowest BCUT2D eigenvalue weighted by molar-refractivity contribution is -0.386. The third-order valence-electron chi connectivity index (χ3n) is 2.60. The lowest BCUT2D eigenvalue weighted by Gasteiger charge is -2.14. The first kappa shape index (κ1) is 14.9. The Morgan fingerprint density at radius 1 is 1.58 bits per heavy atom. The predicted octanol–water partition coefficient (Wildman–Crippen LogP) is 1.34. The maximum atomic E-state index is 11.0. The molecule has 3 N–H and O–H groups in total. The van der Waals surface area contributed by atoms with Crippen LogP contribution in [0.5, 0.6) is 5.75 Å². The Labute approximate surface area is 110 Å². The first-order valence-corrected chi connectivity index (χ1v) is 5.86. The van der Waals surface area contributed by atoms with E-state index in [1.54, 1.807) is 6.07 Å². The lowest BCUT2D eigenvalue weighted by atomic mass is 10.1. The van der Waals surface area contributed by atoms with Gasteiger partial charge in [-0.15, -0.1) is 0 Å². The van der Waals surface area contributed by atoms with E-state index in [9.17, 15) is 14.9 Å². The third-order valence-corrected chi connectivity index (χ3v) is 2.60. The van der Waals surface area contributed by atoms with Crippen molar-refractivity contribution >= 4 is 11.7 Å². The first-order valence-electron chi connectivity index (χ1n) is 5.86. The summed E-state index contributed by atoms with van der Waals surface area (Å²) >= 11 is 0. The van der Waals surface area contributed by atoms with Gasteiger partial charge in [-0.05, 0) is 24.6 Å². The first-order chi connectivity index (χ1) is 8.99. The fourth-order valence-electron chi connectivity index (χ4n) is 1.56. The van der Waals surface area contributed by atoms with Crippen molar-refractivity contribution in [2.24, 2.45) is 5.73 Å². The molecule has 7 nitrogen and oxygen atoms in total. The molecule has 0 aromatic heterocycles. The zero-order valence-electron chi connectivity index (χ0n) is 10.5. The molecule has 1 aromatic rings. The second-order valence-electron chi connectivity index (χ2n) is 3.93. The average molecular weight is 268 g/mol. The van der Waals surface area contributed by atoms with Gasteiger partial charge in [0.05, 0.1) is 4.92 Å². The molecule has 0 heterocycles. The summed E-state index contributed by atoms with van der Waals surface area (Å²) in [6.07, 6.45) is -0.454. The Morgan fingerprint density at radius 3 is 2.74 bits per heavy atom. The van der Waals surface area contributed by atoms with Gasteiger partial charge in [-0.3, -0.25) is 10.1 Å². The van der Waals surface area contributed by atoms with Crippen LogP contribution in [-0.4, -0.2) is 28.6 Å². The van der Waals surface area contributed by atoms with E-state index in [1.807, 2.05) is 6.92 Å². The van der Waals surface area contributed by atoms with Crippen LogP contribution in [0.25, 0.3) is 0 Å². The van der Waals surface area contributed by atoms with Gasteiger partial charge >= 0.3 is 11.7 Å². The number of hydrogen-bond acceptors (Lipinski definition) is 5. The van der Waals surface area contributed by atoms with Crippen molar-refractivity contribution in [1.82, 2.24) is 0 Å². The smallest absolute Gasteiger partial charge is 0.344 e. The molecule has 0 aliphatic heterocycles. The summed E-state index contributed by atoms with van der Waals surface area (Å²) in [4.78, 5) is 21.3. The molecule has 0 saturated heterocycles. The van der Waals surface area contributed by atoms with Gasteiger partial charge in [-0.1, -0.05) is 13.0 Å². The summed E-state index contributed by atoms with van der Waals surface area (Å²) in [7, 11) is 0. The molecule has 0 bridgehead atoms. The number of hydrogen-bond donors (Lipinski definition) is 2. The monoisotopic (exact) mass is 268 g/mol. The molecule has 0 amide bonds. The van der Waals surface area contributed by atoms with Crippen molar-refractivity contribution in [2.75, 3.05) is 6.54 Å². The van der Waals surface area contributed by atoms with Gasteiger partial charge in [-0.25, -0.2) is 4.79 Å². The summed E-state index contributed by atoms with van der Waals surface area (Å²) in [5.74, 6) is -1.25. The standard InChI is InChI=1S/C12H16N2O5/c1-2-8-3-4-10(9(7-8)14(17)18)19-11(5-6-13)12(15)16/h3-4,7,11H,2,5-6,13H2,1H3,(H,15,16). The van der Waals surface area contributed by atoms with Crippen molar-refractivity contribution in [2.45, 2.75) is 25.9 Å². The maximum absolute atomic E-state index is 11.0. The minimum atomic E-state index is -1.20. The van der Waals surface area contributed by atoms with Crippen molar-refractivity contribution in [3.8, 4) is 5.75 Å². The number of carbonyl (C=O) groups is 1. The molecule has 7 heteroatoms. The molecule has 0 radical (unpaired) electrons. The lowest BCUT2D eigenvalue weighted by Crippen LogP contribution is -2.29. The zero-order valence-corrected chi connectivity index (χ0v) is 10.5. The molecule has 0 fully saturated rings. The van der Waals surface area contributed by atoms with E-state index >= 15 is 0 Å². The molecule has 0 saturated carbocycles. The molecule has 1 atom stereocenters. The molecule has 19 heavy (non-hydrogen) atoms. The van der Waals surface area contributed by atoms with Crippen molar-refractivity contribution in [3.63, 3.8) is 0 Å². The number of rotatable bonds is 7. The number of aryl methyl sites for hydroxylation is 1. The molecular formula is C12H16N2O5. The quantitative estimate of drug-likeness (QED) is 0.569. The van der Waals surface area contributed by atoms with Gasteiger partial charge < -0.3 is 15.6 Å². The number of aliphatic carboxylic acids is 1. The summed E-state index contributed by atoms with van der Waals surface area (Å²) < 4.78 is 5.19. The van der Waals surface area contributed by atoms with E-state index < -0.39 is 17.0 Å². The van der Waals surface area contributed by atoms with Crippen LogP contribution in [0.1, 0.15) is 18.9 Å². The minimum absolute atomic E-state index is 0.0527. The Kier molecular flexibility index (Phi) is 5.25. The maximum Gasteiger partial charge on any atom is 0.344 e.